The van der Waals surface area contributed by atoms with Gasteiger partial charge < -0.3 is 10.8 Å². The van der Waals surface area contributed by atoms with Crippen LogP contribution < -0.4 is 5.73 Å². The van der Waals surface area contributed by atoms with Crippen molar-refractivity contribution in [2.24, 2.45) is 17.8 Å². The Bertz CT molecular complexity index is 547. The lowest BCUT2D eigenvalue weighted by molar-refractivity contribution is -0.00550. The molecule has 1 aromatic heterocycles. The molecule has 0 radical (unpaired) electrons. The quantitative estimate of drug-likeness (QED) is 0.868. The van der Waals surface area contributed by atoms with Gasteiger partial charge in [-0.05, 0) is 67.3 Å². The predicted molar refractivity (Wildman–Crippen MR) is 75.5 cm³/mol. The number of nitrogens with zero attached hydrogens (tertiary/aromatic N) is 1. The number of hydrogen-bond acceptors (Lipinski definition) is 3. The summed E-state index contributed by atoms with van der Waals surface area (Å²) < 4.78 is 0. The highest BCUT2D eigenvalue weighted by Crippen LogP contribution is 2.61. The number of carboxylic acid groups (broad SMARTS) is 1. The minimum absolute atomic E-state index is 0.00942. The number of aromatic nitrogens is 1. The Morgan fingerprint density at radius 1 is 1.15 bits per heavy atom. The van der Waals surface area contributed by atoms with Crippen LogP contribution in [0.15, 0.2) is 12.4 Å². The first-order chi connectivity index (χ1) is 9.57. The van der Waals surface area contributed by atoms with Crippen LogP contribution in [0.5, 0.6) is 0 Å². The lowest BCUT2D eigenvalue weighted by Gasteiger charge is -2.57. The fourth-order valence-corrected chi connectivity index (χ4v) is 5.65. The molecule has 4 heteroatoms. The van der Waals surface area contributed by atoms with Crippen LogP contribution in [0, 0.1) is 17.8 Å². The number of nitrogen functional groups attached to an aromatic ring is 1. The van der Waals surface area contributed by atoms with Crippen LogP contribution in [0.4, 0.5) is 5.69 Å². The summed E-state index contributed by atoms with van der Waals surface area (Å²) in [5.41, 5.74) is 7.95. The van der Waals surface area contributed by atoms with E-state index >= 15 is 0 Å². The smallest absolute Gasteiger partial charge is 0.337 e. The SMILES string of the molecule is Nc1cncc(C(=O)O)c1C12CC3CC(CC(C3)C1)C2. The maximum absolute atomic E-state index is 11.6. The van der Waals surface area contributed by atoms with Crippen molar-refractivity contribution in [3.63, 3.8) is 0 Å². The van der Waals surface area contributed by atoms with Gasteiger partial charge in [0, 0.05) is 6.20 Å². The topological polar surface area (TPSA) is 76.2 Å². The number of anilines is 1. The zero-order valence-corrected chi connectivity index (χ0v) is 11.5. The fourth-order valence-electron chi connectivity index (χ4n) is 5.65. The van der Waals surface area contributed by atoms with E-state index in [0.717, 1.165) is 42.6 Å². The Kier molecular flexibility index (Phi) is 2.41. The molecule has 3 N–H and O–H groups in total. The molecule has 4 fully saturated rings. The van der Waals surface area contributed by atoms with E-state index in [4.69, 9.17) is 5.73 Å². The fraction of sp³-hybridized carbons (Fsp3) is 0.625. The molecule has 1 heterocycles. The van der Waals surface area contributed by atoms with Gasteiger partial charge in [0.25, 0.3) is 0 Å². The summed E-state index contributed by atoms with van der Waals surface area (Å²) in [7, 11) is 0. The number of carbonyl (C=O) groups is 1. The van der Waals surface area contributed by atoms with E-state index in [1.54, 1.807) is 6.20 Å². The predicted octanol–water partition coefficient (Wildman–Crippen LogP) is 2.83. The summed E-state index contributed by atoms with van der Waals surface area (Å²) >= 11 is 0. The van der Waals surface area contributed by atoms with Crippen molar-refractivity contribution in [3.8, 4) is 0 Å². The van der Waals surface area contributed by atoms with Crippen LogP contribution in [-0.4, -0.2) is 16.1 Å². The highest BCUT2D eigenvalue weighted by Gasteiger charge is 2.53. The second kappa shape index (κ2) is 3.96. The highest BCUT2D eigenvalue weighted by molar-refractivity contribution is 5.91. The first-order valence-corrected chi connectivity index (χ1v) is 7.55. The second-order valence-corrected chi connectivity index (χ2v) is 7.15. The van der Waals surface area contributed by atoms with E-state index < -0.39 is 5.97 Å². The minimum Gasteiger partial charge on any atom is -0.478 e. The lowest BCUT2D eigenvalue weighted by atomic mass is 9.47. The molecule has 0 atom stereocenters. The normalized spacial score (nSPS) is 38.1. The third kappa shape index (κ3) is 1.60. The molecule has 4 aliphatic carbocycles. The Labute approximate surface area is 118 Å². The molecular formula is C16H20N2O2. The Balaban J connectivity index is 1.87. The Morgan fingerprint density at radius 3 is 2.20 bits per heavy atom. The molecule has 5 rings (SSSR count). The molecular weight excluding hydrogens is 252 g/mol. The van der Waals surface area contributed by atoms with Crippen LogP contribution in [-0.2, 0) is 5.41 Å². The van der Waals surface area contributed by atoms with Crippen LogP contribution >= 0.6 is 0 Å². The third-order valence-corrected chi connectivity index (χ3v) is 5.77. The van der Waals surface area contributed by atoms with Gasteiger partial charge in [0.15, 0.2) is 0 Å². The number of pyridine rings is 1. The van der Waals surface area contributed by atoms with Gasteiger partial charge in [0.1, 0.15) is 0 Å². The summed E-state index contributed by atoms with van der Waals surface area (Å²) in [4.78, 5) is 15.6. The molecule has 106 valence electrons. The molecule has 0 aromatic carbocycles. The van der Waals surface area contributed by atoms with Gasteiger partial charge in [-0.15, -0.1) is 0 Å². The van der Waals surface area contributed by atoms with E-state index in [0.29, 0.717) is 11.3 Å². The van der Waals surface area contributed by atoms with Crippen LogP contribution in [0.3, 0.4) is 0 Å². The molecule has 4 nitrogen and oxygen atoms in total. The van der Waals surface area contributed by atoms with Gasteiger partial charge in [0.2, 0.25) is 0 Å². The molecule has 0 amide bonds. The van der Waals surface area contributed by atoms with Gasteiger partial charge in [-0.25, -0.2) is 4.79 Å². The van der Waals surface area contributed by atoms with Crippen LogP contribution in [0.2, 0.25) is 0 Å². The van der Waals surface area contributed by atoms with Gasteiger partial charge in [-0.2, -0.15) is 0 Å². The standard InChI is InChI=1S/C16H20N2O2/c17-13-8-18-7-12(15(19)20)14(13)16-4-9-1-10(5-16)3-11(2-9)6-16/h7-11H,1-6,17H2,(H,19,20). The molecule has 4 aliphatic rings. The molecule has 4 bridgehead atoms. The van der Waals surface area contributed by atoms with Crippen molar-refractivity contribution in [1.29, 1.82) is 0 Å². The summed E-state index contributed by atoms with van der Waals surface area (Å²) in [5.74, 6) is 1.43. The van der Waals surface area contributed by atoms with E-state index in [1.165, 1.54) is 25.5 Å². The zero-order valence-electron chi connectivity index (χ0n) is 11.5. The lowest BCUT2D eigenvalue weighted by Crippen LogP contribution is -2.49. The van der Waals surface area contributed by atoms with Crippen molar-refractivity contribution < 1.29 is 9.90 Å². The summed E-state index contributed by atoms with van der Waals surface area (Å²) in [6.07, 6.45) is 10.5. The molecule has 0 aliphatic heterocycles. The van der Waals surface area contributed by atoms with Gasteiger partial charge >= 0.3 is 5.97 Å². The first-order valence-electron chi connectivity index (χ1n) is 7.55. The number of hydrogen-bond donors (Lipinski definition) is 2. The summed E-state index contributed by atoms with van der Waals surface area (Å²) in [5, 5.41) is 9.50. The first kappa shape index (κ1) is 12.2. The number of aromatic carboxylic acids is 1. The average molecular weight is 272 g/mol. The molecule has 0 unspecified atom stereocenters. The maximum Gasteiger partial charge on any atom is 0.337 e. The average Bonchev–Trinajstić information content (AvgIpc) is 2.36. The van der Waals surface area contributed by atoms with Gasteiger partial charge in [-0.3, -0.25) is 4.98 Å². The van der Waals surface area contributed by atoms with Crippen molar-refractivity contribution in [1.82, 2.24) is 4.98 Å². The van der Waals surface area contributed by atoms with Crippen molar-refractivity contribution in [3.05, 3.63) is 23.5 Å². The molecule has 0 spiro atoms. The van der Waals surface area contributed by atoms with Gasteiger partial charge in [-0.1, -0.05) is 0 Å². The second-order valence-electron chi connectivity index (χ2n) is 7.15. The van der Waals surface area contributed by atoms with Gasteiger partial charge in [0.05, 0.1) is 17.4 Å². The zero-order chi connectivity index (χ0) is 13.9. The van der Waals surface area contributed by atoms with E-state index in [-0.39, 0.29) is 5.41 Å². The van der Waals surface area contributed by atoms with E-state index in [2.05, 4.69) is 4.98 Å². The molecule has 4 saturated carbocycles. The van der Waals surface area contributed by atoms with E-state index in [1.807, 2.05) is 0 Å². The monoisotopic (exact) mass is 272 g/mol. The summed E-state index contributed by atoms with van der Waals surface area (Å²) in [6.45, 7) is 0. The largest absolute Gasteiger partial charge is 0.478 e. The van der Waals surface area contributed by atoms with Crippen LogP contribution in [0.25, 0.3) is 0 Å². The maximum atomic E-state index is 11.6. The minimum atomic E-state index is -0.893. The number of carboxylic acids is 1. The highest BCUT2D eigenvalue weighted by atomic mass is 16.4. The molecule has 0 saturated heterocycles. The van der Waals surface area contributed by atoms with Crippen molar-refractivity contribution >= 4 is 11.7 Å². The third-order valence-electron chi connectivity index (χ3n) is 5.77. The van der Waals surface area contributed by atoms with E-state index in [9.17, 15) is 9.90 Å². The molecule has 20 heavy (non-hydrogen) atoms. The van der Waals surface area contributed by atoms with Crippen LogP contribution in [0.1, 0.15) is 54.4 Å². The number of nitrogens with two attached hydrogens (primary N) is 1. The Morgan fingerprint density at radius 2 is 1.70 bits per heavy atom. The van der Waals surface area contributed by atoms with Crippen molar-refractivity contribution in [2.75, 3.05) is 5.73 Å². The number of rotatable bonds is 2. The molecule has 1 aromatic rings. The Hall–Kier alpha value is -1.58. The summed E-state index contributed by atoms with van der Waals surface area (Å²) in [6, 6.07) is 0. The van der Waals surface area contributed by atoms with Crippen molar-refractivity contribution in [2.45, 2.75) is 43.9 Å².